The molecule has 3 saturated heterocycles. The van der Waals surface area contributed by atoms with Gasteiger partial charge in [0.2, 0.25) is 11.8 Å². The highest BCUT2D eigenvalue weighted by molar-refractivity contribution is 6.23. The van der Waals surface area contributed by atoms with Crippen molar-refractivity contribution in [3.63, 3.8) is 0 Å². The summed E-state index contributed by atoms with van der Waals surface area (Å²) in [6, 6.07) is 4.20. The van der Waals surface area contributed by atoms with Gasteiger partial charge in [0, 0.05) is 50.1 Å². The second kappa shape index (κ2) is 7.82. The van der Waals surface area contributed by atoms with Crippen LogP contribution in [0.4, 0.5) is 10.5 Å². The van der Waals surface area contributed by atoms with Crippen LogP contribution in [0.5, 0.6) is 0 Å². The lowest BCUT2D eigenvalue weighted by atomic mass is 10.0. The number of likely N-dealkylation sites (tertiary alicyclic amines) is 1. The zero-order valence-electron chi connectivity index (χ0n) is 19.5. The molecule has 4 aliphatic heterocycles. The molecule has 5 rings (SSSR count). The zero-order valence-corrected chi connectivity index (χ0v) is 19.5. The van der Waals surface area contributed by atoms with Crippen LogP contribution in [0.3, 0.4) is 0 Å². The Balaban J connectivity index is 1.28. The summed E-state index contributed by atoms with van der Waals surface area (Å²) in [4.78, 5) is 67.0. The van der Waals surface area contributed by atoms with E-state index in [0.29, 0.717) is 24.9 Å². The molecular weight excluding hydrogens is 440 g/mol. The van der Waals surface area contributed by atoms with Gasteiger partial charge in [-0.3, -0.25) is 29.4 Å². The van der Waals surface area contributed by atoms with Crippen molar-refractivity contribution in [2.24, 2.45) is 11.8 Å². The number of carbonyl (C=O) groups is 5. The van der Waals surface area contributed by atoms with E-state index >= 15 is 0 Å². The highest BCUT2D eigenvalue weighted by Crippen LogP contribution is 2.37. The number of amides is 5. The largest absolute Gasteiger partial charge is 0.444 e. The molecule has 3 unspecified atom stereocenters. The Hall–Kier alpha value is -3.43. The molecule has 10 heteroatoms. The lowest BCUT2D eigenvalue weighted by Crippen LogP contribution is -2.54. The van der Waals surface area contributed by atoms with E-state index in [0.717, 1.165) is 23.7 Å². The smallest absolute Gasteiger partial charge is 0.410 e. The first-order valence-corrected chi connectivity index (χ1v) is 11.6. The van der Waals surface area contributed by atoms with Crippen LogP contribution in [-0.2, 0) is 14.3 Å². The van der Waals surface area contributed by atoms with Crippen LogP contribution in [0.25, 0.3) is 0 Å². The van der Waals surface area contributed by atoms with Crippen molar-refractivity contribution in [3.8, 4) is 0 Å². The fraction of sp³-hybridized carbons (Fsp3) is 0.542. The summed E-state index contributed by atoms with van der Waals surface area (Å²) < 4.78 is 5.50. The fourth-order valence-corrected chi connectivity index (χ4v) is 5.34. The van der Waals surface area contributed by atoms with Crippen molar-refractivity contribution >= 4 is 35.4 Å². The van der Waals surface area contributed by atoms with Gasteiger partial charge >= 0.3 is 6.09 Å². The SMILES string of the molecule is CC(C)(C)OC(=O)N1CC2CN(c3ccc4c(c3)C(=O)N(C3CCC(=O)NC3=O)C4=O)CC2C1. The van der Waals surface area contributed by atoms with Gasteiger partial charge in [0.25, 0.3) is 11.8 Å². The van der Waals surface area contributed by atoms with Gasteiger partial charge in [0.05, 0.1) is 11.1 Å². The van der Waals surface area contributed by atoms with Gasteiger partial charge in [-0.2, -0.15) is 0 Å². The molecule has 5 amide bonds. The van der Waals surface area contributed by atoms with Gasteiger partial charge in [-0.1, -0.05) is 0 Å². The molecule has 0 spiro atoms. The van der Waals surface area contributed by atoms with Crippen LogP contribution in [0.1, 0.15) is 54.3 Å². The number of nitrogens with one attached hydrogen (secondary N) is 1. The zero-order chi connectivity index (χ0) is 24.4. The van der Waals surface area contributed by atoms with E-state index in [9.17, 15) is 24.0 Å². The molecule has 0 aliphatic carbocycles. The van der Waals surface area contributed by atoms with E-state index in [2.05, 4.69) is 10.2 Å². The van der Waals surface area contributed by atoms with Gasteiger partial charge in [-0.15, -0.1) is 0 Å². The molecule has 3 atom stereocenters. The summed E-state index contributed by atoms with van der Waals surface area (Å²) >= 11 is 0. The maximum atomic E-state index is 13.1. The molecule has 0 radical (unpaired) electrons. The maximum absolute atomic E-state index is 13.1. The maximum Gasteiger partial charge on any atom is 0.410 e. The van der Waals surface area contributed by atoms with Crippen molar-refractivity contribution in [1.29, 1.82) is 0 Å². The molecule has 0 saturated carbocycles. The minimum Gasteiger partial charge on any atom is -0.444 e. The predicted molar refractivity (Wildman–Crippen MR) is 120 cm³/mol. The number of ether oxygens (including phenoxy) is 1. The van der Waals surface area contributed by atoms with Crippen LogP contribution in [0, 0.1) is 11.8 Å². The monoisotopic (exact) mass is 468 g/mol. The van der Waals surface area contributed by atoms with E-state index in [-0.39, 0.29) is 30.1 Å². The molecular formula is C24H28N4O6. The summed E-state index contributed by atoms with van der Waals surface area (Å²) in [7, 11) is 0. The molecule has 4 heterocycles. The number of piperidine rings is 1. The van der Waals surface area contributed by atoms with Crippen LogP contribution in [0.15, 0.2) is 18.2 Å². The number of anilines is 1. The van der Waals surface area contributed by atoms with Crippen LogP contribution in [0.2, 0.25) is 0 Å². The lowest BCUT2D eigenvalue weighted by molar-refractivity contribution is -0.136. The minimum atomic E-state index is -0.974. The number of nitrogens with zero attached hydrogens (tertiary/aromatic N) is 3. The molecule has 1 N–H and O–H groups in total. The van der Waals surface area contributed by atoms with Crippen LogP contribution in [-0.4, -0.2) is 77.3 Å². The normalized spacial score (nSPS) is 26.7. The summed E-state index contributed by atoms with van der Waals surface area (Å²) in [5, 5.41) is 2.21. The van der Waals surface area contributed by atoms with Gasteiger partial charge < -0.3 is 14.5 Å². The molecule has 4 aliphatic rings. The number of benzene rings is 1. The number of hydrogen-bond acceptors (Lipinski definition) is 7. The quantitative estimate of drug-likeness (QED) is 0.652. The average molecular weight is 469 g/mol. The Morgan fingerprint density at radius 1 is 0.971 bits per heavy atom. The fourth-order valence-electron chi connectivity index (χ4n) is 5.34. The van der Waals surface area contributed by atoms with E-state index in [1.54, 1.807) is 17.0 Å². The van der Waals surface area contributed by atoms with Crippen molar-refractivity contribution in [1.82, 2.24) is 15.1 Å². The molecule has 0 bridgehead atoms. The lowest BCUT2D eigenvalue weighted by Gasteiger charge is -2.27. The minimum absolute atomic E-state index is 0.0892. The summed E-state index contributed by atoms with van der Waals surface area (Å²) in [6.07, 6.45) is -0.0675. The molecule has 3 fully saturated rings. The average Bonchev–Trinajstić information content (AvgIpc) is 3.39. The number of rotatable bonds is 2. The summed E-state index contributed by atoms with van der Waals surface area (Å²) in [5.74, 6) is -1.42. The Bertz CT molecular complexity index is 1100. The number of fused-ring (bicyclic) bond motifs is 2. The predicted octanol–water partition coefficient (Wildman–Crippen LogP) is 1.39. The highest BCUT2D eigenvalue weighted by atomic mass is 16.6. The molecule has 34 heavy (non-hydrogen) atoms. The van der Waals surface area contributed by atoms with Crippen molar-refractivity contribution < 1.29 is 28.7 Å². The first kappa shape index (κ1) is 22.4. The highest BCUT2D eigenvalue weighted by Gasteiger charge is 2.46. The number of hydrogen-bond donors (Lipinski definition) is 1. The Labute approximate surface area is 197 Å². The van der Waals surface area contributed by atoms with Gasteiger partial charge in [-0.25, -0.2) is 4.79 Å². The van der Waals surface area contributed by atoms with Gasteiger partial charge in [0.15, 0.2) is 0 Å². The molecule has 1 aromatic rings. The first-order chi connectivity index (χ1) is 16.0. The topological polar surface area (TPSA) is 116 Å². The van der Waals surface area contributed by atoms with E-state index < -0.39 is 35.3 Å². The molecule has 1 aromatic carbocycles. The van der Waals surface area contributed by atoms with E-state index in [1.165, 1.54) is 0 Å². The Morgan fingerprint density at radius 3 is 2.24 bits per heavy atom. The molecule has 0 aromatic heterocycles. The van der Waals surface area contributed by atoms with Crippen molar-refractivity contribution in [2.45, 2.75) is 45.3 Å². The van der Waals surface area contributed by atoms with Gasteiger partial charge in [-0.05, 0) is 45.4 Å². The van der Waals surface area contributed by atoms with Crippen molar-refractivity contribution in [3.05, 3.63) is 29.3 Å². The van der Waals surface area contributed by atoms with E-state index in [4.69, 9.17) is 4.74 Å². The molecule has 10 nitrogen and oxygen atoms in total. The van der Waals surface area contributed by atoms with E-state index in [1.807, 2.05) is 26.8 Å². The summed E-state index contributed by atoms with van der Waals surface area (Å²) in [5.41, 5.74) is 0.855. The summed E-state index contributed by atoms with van der Waals surface area (Å²) in [6.45, 7) is 8.28. The second-order valence-corrected chi connectivity index (χ2v) is 10.5. The third-order valence-corrected chi connectivity index (χ3v) is 6.93. The van der Waals surface area contributed by atoms with Crippen molar-refractivity contribution in [2.75, 3.05) is 31.1 Å². The number of imide groups is 2. The Morgan fingerprint density at radius 2 is 1.62 bits per heavy atom. The third-order valence-electron chi connectivity index (χ3n) is 6.93. The van der Waals surface area contributed by atoms with Crippen LogP contribution < -0.4 is 10.2 Å². The number of carbonyl (C=O) groups excluding carboxylic acids is 5. The first-order valence-electron chi connectivity index (χ1n) is 11.6. The van der Waals surface area contributed by atoms with Crippen LogP contribution >= 0.6 is 0 Å². The van der Waals surface area contributed by atoms with Gasteiger partial charge in [0.1, 0.15) is 11.6 Å². The molecule has 180 valence electrons. The second-order valence-electron chi connectivity index (χ2n) is 10.5. The third kappa shape index (κ3) is 3.80. The Kier molecular flexibility index (Phi) is 5.14. The standard InChI is InChI=1S/C24H28N4O6/c1-24(2,3)34-23(33)27-11-13-9-26(10-14(13)12-27)15-4-5-16-17(8-15)22(32)28(21(16)31)18-6-7-19(29)25-20(18)30/h4-5,8,13-14,18H,6-7,9-12H2,1-3H3,(H,25,29,30).